The van der Waals surface area contributed by atoms with E-state index >= 15 is 0 Å². The van der Waals surface area contributed by atoms with Gasteiger partial charge in [0.05, 0.1) is 10.3 Å². The number of carbonyl (C=O) groups excluding carboxylic acids is 1. The molecule has 0 radical (unpaired) electrons. The Hall–Kier alpha value is -2.18. The number of aryl methyl sites for hydroxylation is 1. The maximum Gasteiger partial charge on any atom is 0.276 e. The van der Waals surface area contributed by atoms with Crippen LogP contribution in [0.3, 0.4) is 0 Å². The van der Waals surface area contributed by atoms with Gasteiger partial charge in [-0.2, -0.15) is 5.10 Å². The van der Waals surface area contributed by atoms with Crippen LogP contribution in [0.25, 0.3) is 5.69 Å². The van der Waals surface area contributed by atoms with Crippen LogP contribution in [-0.2, 0) is 0 Å². The molecular formula is C20H19N3OS2. The molecule has 0 aliphatic carbocycles. The van der Waals surface area contributed by atoms with Crippen molar-refractivity contribution >= 4 is 35.1 Å². The van der Waals surface area contributed by atoms with Crippen LogP contribution in [-0.4, -0.2) is 27.2 Å². The van der Waals surface area contributed by atoms with Gasteiger partial charge in [-0.1, -0.05) is 30.3 Å². The first-order valence-electron chi connectivity index (χ1n) is 8.47. The third-order valence-corrected chi connectivity index (χ3v) is 7.26. The van der Waals surface area contributed by atoms with E-state index in [2.05, 4.69) is 22.5 Å². The number of para-hydroxylation sites is 1. The van der Waals surface area contributed by atoms with Crippen LogP contribution in [0, 0.1) is 6.92 Å². The molecule has 0 bridgehead atoms. The Labute approximate surface area is 161 Å². The van der Waals surface area contributed by atoms with Gasteiger partial charge >= 0.3 is 0 Å². The summed E-state index contributed by atoms with van der Waals surface area (Å²) in [6.45, 7) is 1.95. The lowest BCUT2D eigenvalue weighted by Crippen LogP contribution is -2.13. The van der Waals surface area contributed by atoms with Crippen molar-refractivity contribution in [1.82, 2.24) is 9.78 Å². The molecule has 1 N–H and O–H groups in total. The number of thioether (sulfide) groups is 2. The monoisotopic (exact) mass is 381 g/mol. The van der Waals surface area contributed by atoms with Crippen molar-refractivity contribution in [3.63, 3.8) is 0 Å². The van der Waals surface area contributed by atoms with Gasteiger partial charge in [-0.05, 0) is 42.8 Å². The molecule has 2 aromatic carbocycles. The van der Waals surface area contributed by atoms with Crippen LogP contribution in [0.2, 0.25) is 0 Å². The van der Waals surface area contributed by atoms with Crippen LogP contribution < -0.4 is 5.32 Å². The second-order valence-electron chi connectivity index (χ2n) is 6.07. The van der Waals surface area contributed by atoms with Crippen molar-refractivity contribution in [2.24, 2.45) is 0 Å². The standard InChI is InChI=1S/C20H19N3OS2/c1-14-12-18(22-23(14)17-8-3-2-4-9-17)19(24)21-16-7-5-6-15(13-16)20-25-10-11-26-20/h2-9,12-13,20H,10-11H2,1H3,(H,21,24). The summed E-state index contributed by atoms with van der Waals surface area (Å²) in [6.07, 6.45) is 0. The van der Waals surface area contributed by atoms with E-state index in [0.29, 0.717) is 10.3 Å². The Morgan fingerprint density at radius 2 is 1.85 bits per heavy atom. The second kappa shape index (κ2) is 7.60. The highest BCUT2D eigenvalue weighted by atomic mass is 32.2. The summed E-state index contributed by atoms with van der Waals surface area (Å²) >= 11 is 3.91. The number of carbonyl (C=O) groups is 1. The predicted octanol–water partition coefficient (Wildman–Crippen LogP) is 4.91. The number of hydrogen-bond donors (Lipinski definition) is 1. The molecular weight excluding hydrogens is 362 g/mol. The average Bonchev–Trinajstić information content (AvgIpc) is 3.32. The van der Waals surface area contributed by atoms with Crippen molar-refractivity contribution in [2.45, 2.75) is 11.5 Å². The fourth-order valence-electron chi connectivity index (χ4n) is 2.93. The molecule has 2 heterocycles. The number of rotatable bonds is 4. The van der Waals surface area contributed by atoms with Crippen LogP contribution in [0.15, 0.2) is 60.7 Å². The SMILES string of the molecule is Cc1cc(C(=O)Nc2cccc(C3SCCS3)c2)nn1-c1ccccc1. The van der Waals surface area contributed by atoms with Crippen LogP contribution in [0.4, 0.5) is 5.69 Å². The minimum atomic E-state index is -0.188. The molecule has 1 aromatic heterocycles. The normalized spacial score (nSPS) is 14.5. The summed E-state index contributed by atoms with van der Waals surface area (Å²) in [6, 6.07) is 19.8. The van der Waals surface area contributed by atoms with Crippen molar-refractivity contribution in [3.05, 3.63) is 77.6 Å². The molecule has 0 spiro atoms. The molecule has 1 aliphatic rings. The predicted molar refractivity (Wildman–Crippen MR) is 110 cm³/mol. The number of anilines is 1. The Balaban J connectivity index is 1.53. The van der Waals surface area contributed by atoms with E-state index in [1.54, 1.807) is 4.68 Å². The van der Waals surface area contributed by atoms with Gasteiger partial charge in [0.2, 0.25) is 0 Å². The number of amides is 1. The van der Waals surface area contributed by atoms with Crippen molar-refractivity contribution < 1.29 is 4.79 Å². The third-order valence-electron chi connectivity index (χ3n) is 4.16. The van der Waals surface area contributed by atoms with E-state index in [1.807, 2.05) is 79.0 Å². The minimum Gasteiger partial charge on any atom is -0.321 e. The average molecular weight is 382 g/mol. The van der Waals surface area contributed by atoms with E-state index in [9.17, 15) is 4.79 Å². The van der Waals surface area contributed by atoms with Gasteiger partial charge in [0.15, 0.2) is 5.69 Å². The van der Waals surface area contributed by atoms with Gasteiger partial charge in [-0.25, -0.2) is 4.68 Å². The Bertz CT molecular complexity index is 918. The van der Waals surface area contributed by atoms with Gasteiger partial charge in [-0.15, -0.1) is 23.5 Å². The topological polar surface area (TPSA) is 46.9 Å². The minimum absolute atomic E-state index is 0.188. The molecule has 4 nitrogen and oxygen atoms in total. The lowest BCUT2D eigenvalue weighted by molar-refractivity contribution is 0.102. The zero-order chi connectivity index (χ0) is 17.9. The van der Waals surface area contributed by atoms with Gasteiger partial charge in [0.25, 0.3) is 5.91 Å². The fraction of sp³-hybridized carbons (Fsp3) is 0.200. The third kappa shape index (κ3) is 3.66. The molecule has 0 unspecified atom stereocenters. The zero-order valence-corrected chi connectivity index (χ0v) is 16.0. The molecule has 1 aliphatic heterocycles. The van der Waals surface area contributed by atoms with Gasteiger partial charge in [0.1, 0.15) is 0 Å². The molecule has 26 heavy (non-hydrogen) atoms. The van der Waals surface area contributed by atoms with E-state index in [-0.39, 0.29) is 5.91 Å². The van der Waals surface area contributed by atoms with Crippen molar-refractivity contribution in [3.8, 4) is 5.69 Å². The van der Waals surface area contributed by atoms with Crippen molar-refractivity contribution in [2.75, 3.05) is 16.8 Å². The van der Waals surface area contributed by atoms with Gasteiger partial charge in [-0.3, -0.25) is 4.79 Å². The lowest BCUT2D eigenvalue weighted by Gasteiger charge is -2.10. The van der Waals surface area contributed by atoms with Crippen LogP contribution in [0.5, 0.6) is 0 Å². The number of nitrogens with zero attached hydrogens (tertiary/aromatic N) is 2. The lowest BCUT2D eigenvalue weighted by atomic mass is 10.2. The Morgan fingerprint density at radius 3 is 2.62 bits per heavy atom. The fourth-order valence-corrected chi connectivity index (χ4v) is 5.76. The first kappa shape index (κ1) is 17.2. The number of nitrogens with one attached hydrogen (secondary N) is 1. The second-order valence-corrected chi connectivity index (χ2v) is 8.80. The molecule has 1 fully saturated rings. The first-order valence-corrected chi connectivity index (χ1v) is 10.6. The summed E-state index contributed by atoms with van der Waals surface area (Å²) in [5.41, 5.74) is 4.35. The molecule has 6 heteroatoms. The van der Waals surface area contributed by atoms with Crippen LogP contribution >= 0.6 is 23.5 Å². The Kier molecular flexibility index (Phi) is 5.04. The smallest absolute Gasteiger partial charge is 0.276 e. The summed E-state index contributed by atoms with van der Waals surface area (Å²) in [7, 11) is 0. The summed E-state index contributed by atoms with van der Waals surface area (Å²) < 4.78 is 2.25. The maximum atomic E-state index is 12.6. The highest BCUT2D eigenvalue weighted by Gasteiger charge is 2.19. The molecule has 1 saturated heterocycles. The van der Waals surface area contributed by atoms with Gasteiger partial charge < -0.3 is 5.32 Å². The highest BCUT2D eigenvalue weighted by molar-refractivity contribution is 8.19. The molecule has 0 saturated carbocycles. The number of aromatic nitrogens is 2. The molecule has 3 aromatic rings. The zero-order valence-electron chi connectivity index (χ0n) is 14.4. The molecule has 1 amide bonds. The summed E-state index contributed by atoms with van der Waals surface area (Å²) in [5, 5.41) is 7.45. The van der Waals surface area contributed by atoms with Crippen LogP contribution in [0.1, 0.15) is 26.3 Å². The maximum absolute atomic E-state index is 12.6. The summed E-state index contributed by atoms with van der Waals surface area (Å²) in [4.78, 5) is 12.6. The highest BCUT2D eigenvalue weighted by Crippen LogP contribution is 2.45. The van der Waals surface area contributed by atoms with Gasteiger partial charge in [0, 0.05) is 22.9 Å². The first-order chi connectivity index (χ1) is 12.7. The number of hydrogen-bond acceptors (Lipinski definition) is 4. The van der Waals surface area contributed by atoms with E-state index in [0.717, 1.165) is 17.1 Å². The quantitative estimate of drug-likeness (QED) is 0.697. The van der Waals surface area contributed by atoms with E-state index in [1.165, 1.54) is 17.1 Å². The molecule has 0 atom stereocenters. The number of benzene rings is 2. The van der Waals surface area contributed by atoms with Crippen molar-refractivity contribution in [1.29, 1.82) is 0 Å². The molecule has 4 rings (SSSR count). The largest absolute Gasteiger partial charge is 0.321 e. The molecule has 132 valence electrons. The van der Waals surface area contributed by atoms with E-state index < -0.39 is 0 Å². The van der Waals surface area contributed by atoms with E-state index in [4.69, 9.17) is 0 Å². The summed E-state index contributed by atoms with van der Waals surface area (Å²) in [5.74, 6) is 2.18. The Morgan fingerprint density at radius 1 is 1.08 bits per heavy atom.